The Kier molecular flexibility index (Phi) is 11.1. The molecule has 4 N–H and O–H groups in total. The third-order valence-electron chi connectivity index (χ3n) is 4.85. The van der Waals surface area contributed by atoms with Crippen molar-refractivity contribution in [1.29, 1.82) is 0 Å². The molecular formula is C22H28N6O6. The normalized spacial score (nSPS) is 10.5. The first-order chi connectivity index (χ1) is 16.4. The van der Waals surface area contributed by atoms with Crippen molar-refractivity contribution in [1.82, 2.24) is 21.3 Å². The fourth-order valence-corrected chi connectivity index (χ4v) is 3.11. The third-order valence-corrected chi connectivity index (χ3v) is 4.85. The zero-order valence-electron chi connectivity index (χ0n) is 18.6. The van der Waals surface area contributed by atoms with Crippen molar-refractivity contribution in [2.75, 3.05) is 26.2 Å². The summed E-state index contributed by atoms with van der Waals surface area (Å²) in [4.78, 5) is 44.8. The maximum absolute atomic E-state index is 11.8. The second kappa shape index (κ2) is 14.3. The Bertz CT molecular complexity index is 920. The van der Waals surface area contributed by atoms with Gasteiger partial charge in [-0.15, -0.1) is 0 Å². The lowest BCUT2D eigenvalue weighted by Crippen LogP contribution is -2.41. The molecule has 0 radical (unpaired) electrons. The van der Waals surface area contributed by atoms with Crippen LogP contribution in [-0.4, -0.2) is 47.8 Å². The number of rotatable bonds is 14. The van der Waals surface area contributed by atoms with Crippen molar-refractivity contribution in [3.05, 3.63) is 79.9 Å². The average molecular weight is 473 g/mol. The number of benzene rings is 2. The number of amides is 2. The highest BCUT2D eigenvalue weighted by atomic mass is 16.6. The lowest BCUT2D eigenvalue weighted by Gasteiger charge is -2.08. The number of nitro benzene ring substituents is 2. The van der Waals surface area contributed by atoms with Crippen LogP contribution >= 0.6 is 0 Å². The predicted octanol–water partition coefficient (Wildman–Crippen LogP) is 1.39. The topological polar surface area (TPSA) is 169 Å². The van der Waals surface area contributed by atoms with Gasteiger partial charge in [0.05, 0.1) is 9.85 Å². The van der Waals surface area contributed by atoms with Crippen LogP contribution in [0.15, 0.2) is 48.5 Å². The standard InChI is InChI=1S/C22H28N6O6/c29-21(25-13-5-11-23-15-17-7-1-3-9-19(17)27(31)32)22(30)26-14-6-12-24-16-18-8-2-4-10-20(18)28(33)34/h1-4,7-10,23-24H,5-6,11-16H2,(H,25,29)(H,26,30). The fraction of sp³-hybridized carbons (Fsp3) is 0.364. The van der Waals surface area contributed by atoms with Crippen molar-refractivity contribution in [3.63, 3.8) is 0 Å². The highest BCUT2D eigenvalue weighted by Crippen LogP contribution is 2.17. The van der Waals surface area contributed by atoms with Gasteiger partial charge in [-0.05, 0) is 25.9 Å². The van der Waals surface area contributed by atoms with Crippen LogP contribution in [0.25, 0.3) is 0 Å². The van der Waals surface area contributed by atoms with Gasteiger partial charge in [-0.3, -0.25) is 29.8 Å². The largest absolute Gasteiger partial charge is 0.348 e. The van der Waals surface area contributed by atoms with Crippen LogP contribution in [0.4, 0.5) is 11.4 Å². The molecule has 0 aliphatic heterocycles. The van der Waals surface area contributed by atoms with Crippen LogP contribution in [0.1, 0.15) is 24.0 Å². The maximum atomic E-state index is 11.8. The van der Waals surface area contributed by atoms with Gasteiger partial charge in [-0.2, -0.15) is 0 Å². The molecule has 34 heavy (non-hydrogen) atoms. The first-order valence-corrected chi connectivity index (χ1v) is 10.8. The molecule has 2 aromatic carbocycles. The molecule has 0 heterocycles. The average Bonchev–Trinajstić information content (AvgIpc) is 2.83. The van der Waals surface area contributed by atoms with Gasteiger partial charge >= 0.3 is 11.8 Å². The minimum atomic E-state index is -0.730. The molecule has 0 bridgehead atoms. The zero-order valence-corrected chi connectivity index (χ0v) is 18.6. The van der Waals surface area contributed by atoms with Crippen LogP contribution in [0.2, 0.25) is 0 Å². The summed E-state index contributed by atoms with van der Waals surface area (Å²) in [6, 6.07) is 12.9. The Hall–Kier alpha value is -3.90. The highest BCUT2D eigenvalue weighted by Gasteiger charge is 2.13. The van der Waals surface area contributed by atoms with Crippen molar-refractivity contribution in [2.24, 2.45) is 0 Å². The zero-order chi connectivity index (χ0) is 24.8. The van der Waals surface area contributed by atoms with E-state index in [-0.39, 0.29) is 24.5 Å². The predicted molar refractivity (Wildman–Crippen MR) is 125 cm³/mol. The Morgan fingerprint density at radius 1 is 0.647 bits per heavy atom. The number of hydrogen-bond donors (Lipinski definition) is 4. The van der Waals surface area contributed by atoms with Crippen molar-refractivity contribution < 1.29 is 19.4 Å². The van der Waals surface area contributed by atoms with Gasteiger partial charge in [0.2, 0.25) is 0 Å². The molecule has 2 rings (SSSR count). The van der Waals surface area contributed by atoms with E-state index in [2.05, 4.69) is 21.3 Å². The van der Waals surface area contributed by atoms with Crippen molar-refractivity contribution in [2.45, 2.75) is 25.9 Å². The summed E-state index contributed by atoms with van der Waals surface area (Å²) in [6.45, 7) is 2.26. The van der Waals surface area contributed by atoms with E-state index in [1.807, 2.05) is 0 Å². The number of hydrogen-bond acceptors (Lipinski definition) is 8. The lowest BCUT2D eigenvalue weighted by atomic mass is 10.2. The Balaban J connectivity index is 1.53. The second-order valence-corrected chi connectivity index (χ2v) is 7.34. The van der Waals surface area contributed by atoms with E-state index in [1.54, 1.807) is 36.4 Å². The van der Waals surface area contributed by atoms with Gasteiger partial charge in [0.25, 0.3) is 11.4 Å². The molecule has 0 spiro atoms. The summed E-state index contributed by atoms with van der Waals surface area (Å²) < 4.78 is 0. The van der Waals surface area contributed by atoms with Crippen LogP contribution in [-0.2, 0) is 22.7 Å². The van der Waals surface area contributed by atoms with E-state index >= 15 is 0 Å². The summed E-state index contributed by atoms with van der Waals surface area (Å²) in [7, 11) is 0. The molecule has 12 nitrogen and oxygen atoms in total. The lowest BCUT2D eigenvalue weighted by molar-refractivity contribution is -0.385. The molecule has 0 saturated carbocycles. The number of nitrogens with zero attached hydrogens (tertiary/aromatic N) is 2. The summed E-state index contributed by atoms with van der Waals surface area (Å²) in [5, 5.41) is 33.2. The molecule has 0 saturated heterocycles. The van der Waals surface area contributed by atoms with Gasteiger partial charge in [0, 0.05) is 49.4 Å². The number of nitrogens with one attached hydrogen (secondary N) is 4. The molecule has 0 aliphatic rings. The van der Waals surface area contributed by atoms with E-state index in [0.717, 1.165) is 0 Å². The van der Waals surface area contributed by atoms with Crippen molar-refractivity contribution in [3.8, 4) is 0 Å². The Labute approximate surface area is 196 Å². The van der Waals surface area contributed by atoms with E-state index in [9.17, 15) is 29.8 Å². The number of carbonyl (C=O) groups is 2. The summed E-state index contributed by atoms with van der Waals surface area (Å²) in [6.07, 6.45) is 1.10. The number of nitro groups is 2. The van der Waals surface area contributed by atoms with Crippen LogP contribution in [0.3, 0.4) is 0 Å². The van der Waals surface area contributed by atoms with Crippen molar-refractivity contribution >= 4 is 23.2 Å². The van der Waals surface area contributed by atoms with Gasteiger partial charge < -0.3 is 21.3 Å². The fourth-order valence-electron chi connectivity index (χ4n) is 3.11. The van der Waals surface area contributed by atoms with Gasteiger partial charge in [-0.1, -0.05) is 36.4 Å². The summed E-state index contributed by atoms with van der Waals surface area (Å²) in [5.41, 5.74) is 1.26. The minimum absolute atomic E-state index is 0.0524. The molecule has 2 amide bonds. The molecule has 0 fully saturated rings. The quantitative estimate of drug-likeness (QED) is 0.138. The van der Waals surface area contributed by atoms with Crippen LogP contribution < -0.4 is 21.3 Å². The van der Waals surface area contributed by atoms with E-state index < -0.39 is 21.7 Å². The summed E-state index contributed by atoms with van der Waals surface area (Å²) >= 11 is 0. The monoisotopic (exact) mass is 472 g/mol. The smallest absolute Gasteiger partial charge is 0.309 e. The maximum Gasteiger partial charge on any atom is 0.309 e. The molecule has 2 aromatic rings. The van der Waals surface area contributed by atoms with Gasteiger partial charge in [-0.25, -0.2) is 0 Å². The van der Waals surface area contributed by atoms with Gasteiger partial charge in [0.15, 0.2) is 0 Å². The van der Waals surface area contributed by atoms with Gasteiger partial charge in [0.1, 0.15) is 0 Å². The highest BCUT2D eigenvalue weighted by molar-refractivity contribution is 6.35. The first-order valence-electron chi connectivity index (χ1n) is 10.8. The molecule has 0 atom stereocenters. The number of carbonyl (C=O) groups excluding carboxylic acids is 2. The minimum Gasteiger partial charge on any atom is -0.348 e. The van der Waals surface area contributed by atoms with Crippen LogP contribution in [0, 0.1) is 20.2 Å². The second-order valence-electron chi connectivity index (χ2n) is 7.34. The third kappa shape index (κ3) is 8.92. The Morgan fingerprint density at radius 2 is 1.03 bits per heavy atom. The van der Waals surface area contributed by atoms with Crippen LogP contribution in [0.5, 0.6) is 0 Å². The number of para-hydroxylation sites is 2. The molecule has 0 aliphatic carbocycles. The molecule has 12 heteroatoms. The summed E-state index contributed by atoms with van der Waals surface area (Å²) in [5.74, 6) is -1.46. The molecule has 0 unspecified atom stereocenters. The van der Waals surface area contributed by atoms with E-state index in [1.165, 1.54) is 12.1 Å². The van der Waals surface area contributed by atoms with E-state index in [0.29, 0.717) is 50.1 Å². The van der Waals surface area contributed by atoms with E-state index in [4.69, 9.17) is 0 Å². The first kappa shape index (κ1) is 26.4. The SMILES string of the molecule is O=C(NCCCNCc1ccccc1[N+](=O)[O-])C(=O)NCCCNCc1ccccc1[N+](=O)[O-]. The Morgan fingerprint density at radius 3 is 1.41 bits per heavy atom. The molecule has 0 aromatic heterocycles. The molecular weight excluding hydrogens is 444 g/mol. The molecule has 182 valence electrons.